The summed E-state index contributed by atoms with van der Waals surface area (Å²) in [7, 11) is 1.47. The predicted octanol–water partition coefficient (Wildman–Crippen LogP) is 3.06. The van der Waals surface area contributed by atoms with Crippen molar-refractivity contribution < 1.29 is 17.9 Å². The zero-order valence-electron chi connectivity index (χ0n) is 11.1. The number of hydrogen-bond donors (Lipinski definition) is 0. The average Bonchev–Trinajstić information content (AvgIpc) is 2.34. The number of allylic oxidation sites excluding steroid dienone is 1. The van der Waals surface area contributed by atoms with Crippen molar-refractivity contribution in [3.8, 4) is 0 Å². The summed E-state index contributed by atoms with van der Waals surface area (Å²) in [6.45, 7) is 3.13. The van der Waals surface area contributed by atoms with Gasteiger partial charge in [0.25, 0.3) is 5.84 Å². The zero-order chi connectivity index (χ0) is 15.1. The number of methoxy groups -OCH3 is 1. The molecule has 0 bridgehead atoms. The van der Waals surface area contributed by atoms with E-state index in [1.54, 1.807) is 26.0 Å². The van der Waals surface area contributed by atoms with Gasteiger partial charge in [0.2, 0.25) is 0 Å². The molecule has 0 N–H and O–H groups in total. The lowest BCUT2D eigenvalue weighted by Crippen LogP contribution is -2.50. The summed E-state index contributed by atoms with van der Waals surface area (Å²) in [6, 6.07) is -0.589. The van der Waals surface area contributed by atoms with Crippen LogP contribution in [0.4, 0.5) is 13.2 Å². The van der Waals surface area contributed by atoms with E-state index in [4.69, 9.17) is 16.3 Å². The smallest absolute Gasteiger partial charge is 0.453 e. The summed E-state index contributed by atoms with van der Waals surface area (Å²) >= 11 is 6.14. The Kier molecular flexibility index (Phi) is 3.58. The van der Waals surface area contributed by atoms with Crippen LogP contribution in [0.15, 0.2) is 34.1 Å². The van der Waals surface area contributed by atoms with Gasteiger partial charge < -0.3 is 4.74 Å². The Bertz CT molecular complexity index is 529. The quantitative estimate of drug-likeness (QED) is 0.581. The molecule has 1 atom stereocenters. The van der Waals surface area contributed by atoms with E-state index in [-0.39, 0.29) is 5.71 Å². The van der Waals surface area contributed by atoms with Gasteiger partial charge in [0.05, 0.1) is 12.8 Å². The van der Waals surface area contributed by atoms with Crippen molar-refractivity contribution >= 4 is 23.1 Å². The van der Waals surface area contributed by atoms with Crippen molar-refractivity contribution in [1.82, 2.24) is 5.01 Å². The molecule has 2 rings (SSSR count). The fourth-order valence-electron chi connectivity index (χ4n) is 1.88. The van der Waals surface area contributed by atoms with E-state index in [2.05, 4.69) is 10.1 Å². The summed E-state index contributed by atoms with van der Waals surface area (Å²) in [5.74, 6) is -0.693. The number of hydrogen-bond acceptors (Lipinski definition) is 4. The maximum absolute atomic E-state index is 12.8. The van der Waals surface area contributed by atoms with E-state index in [0.717, 1.165) is 0 Å². The Morgan fingerprint density at radius 2 is 1.95 bits per heavy atom. The van der Waals surface area contributed by atoms with Crippen molar-refractivity contribution in [3.05, 3.63) is 24.0 Å². The van der Waals surface area contributed by atoms with E-state index in [1.807, 2.05) is 0 Å². The molecule has 0 aromatic heterocycles. The van der Waals surface area contributed by atoms with Gasteiger partial charge >= 0.3 is 6.18 Å². The van der Waals surface area contributed by atoms with Gasteiger partial charge in [0, 0.05) is 0 Å². The van der Waals surface area contributed by atoms with Crippen molar-refractivity contribution in [2.24, 2.45) is 10.1 Å². The van der Waals surface area contributed by atoms with E-state index >= 15 is 0 Å². The van der Waals surface area contributed by atoms with Crippen LogP contribution in [0.3, 0.4) is 0 Å². The Balaban J connectivity index is 2.48. The Morgan fingerprint density at radius 3 is 2.45 bits per heavy atom. The molecule has 0 aromatic carbocycles. The van der Waals surface area contributed by atoms with Crippen LogP contribution < -0.4 is 0 Å². The summed E-state index contributed by atoms with van der Waals surface area (Å²) in [6.07, 6.45) is 0.0185. The van der Waals surface area contributed by atoms with E-state index < -0.39 is 23.1 Å². The number of ether oxygens (including phenoxy) is 1. The number of hydrazone groups is 1. The highest BCUT2D eigenvalue weighted by Gasteiger charge is 2.44. The van der Waals surface area contributed by atoms with Crippen molar-refractivity contribution in [1.29, 1.82) is 0 Å². The van der Waals surface area contributed by atoms with Crippen molar-refractivity contribution in [3.63, 3.8) is 0 Å². The largest absolute Gasteiger partial charge is 0.497 e. The van der Waals surface area contributed by atoms with Crippen LogP contribution in [0.5, 0.6) is 0 Å². The lowest BCUT2D eigenvalue weighted by molar-refractivity contribution is -0.0622. The lowest BCUT2D eigenvalue weighted by atomic mass is 10.0. The molecule has 0 aromatic rings. The van der Waals surface area contributed by atoms with E-state index in [0.29, 0.717) is 5.76 Å². The highest BCUT2D eigenvalue weighted by atomic mass is 35.5. The first-order valence-electron chi connectivity index (χ1n) is 5.79. The molecule has 1 unspecified atom stereocenters. The van der Waals surface area contributed by atoms with Crippen LogP contribution in [0.25, 0.3) is 0 Å². The Hall–Kier alpha value is -1.50. The molecule has 1 heterocycles. The van der Waals surface area contributed by atoms with Gasteiger partial charge in [-0.05, 0) is 32.1 Å². The van der Waals surface area contributed by atoms with Crippen molar-refractivity contribution in [2.45, 2.75) is 31.1 Å². The molecular weight excluding hydrogens is 295 g/mol. The fraction of sp³-hybridized carbons (Fsp3) is 0.500. The summed E-state index contributed by atoms with van der Waals surface area (Å²) in [5.41, 5.74) is 0.224. The number of nitrogens with zero attached hydrogens (tertiary/aromatic N) is 3. The maximum atomic E-state index is 12.8. The third-order valence-corrected chi connectivity index (χ3v) is 2.95. The monoisotopic (exact) mass is 307 g/mol. The molecule has 0 saturated carbocycles. The topological polar surface area (TPSA) is 37.2 Å². The van der Waals surface area contributed by atoms with Crippen molar-refractivity contribution in [2.75, 3.05) is 7.11 Å². The second-order valence-electron chi connectivity index (χ2n) is 4.76. The van der Waals surface area contributed by atoms with E-state index in [9.17, 15) is 13.2 Å². The first kappa shape index (κ1) is 14.9. The molecule has 1 aliphatic carbocycles. The molecular formula is C12H13ClF3N3O. The minimum atomic E-state index is -4.63. The highest BCUT2D eigenvalue weighted by Crippen LogP contribution is 2.32. The standard InChI is InChI=1S/C12H13ClF3N3O/c1-11(2,13)19-9-6-7(20-3)4-5-8(9)17-10(18-19)12(14,15)16/h4-6,9H,1-3H3. The fourth-order valence-corrected chi connectivity index (χ4v) is 2.02. The van der Waals surface area contributed by atoms with Gasteiger partial charge in [0.1, 0.15) is 16.8 Å². The third kappa shape index (κ3) is 2.82. The number of alkyl halides is 4. The van der Waals surface area contributed by atoms with E-state index in [1.165, 1.54) is 18.2 Å². The van der Waals surface area contributed by atoms with Crippen LogP contribution in [0, 0.1) is 0 Å². The van der Waals surface area contributed by atoms with Crippen LogP contribution in [0.2, 0.25) is 0 Å². The number of fused-ring (bicyclic) bond motifs is 1. The molecule has 0 spiro atoms. The third-order valence-electron chi connectivity index (χ3n) is 2.78. The molecule has 2 aliphatic rings. The number of rotatable bonds is 2. The first-order chi connectivity index (χ1) is 9.13. The minimum absolute atomic E-state index is 0.224. The SMILES string of the molecule is COC1=CC2C(=NC(C(F)(F)F)=NN2C(C)(C)Cl)C=C1. The second-order valence-corrected chi connectivity index (χ2v) is 5.69. The predicted molar refractivity (Wildman–Crippen MR) is 70.7 cm³/mol. The Morgan fingerprint density at radius 1 is 1.30 bits per heavy atom. The van der Waals surface area contributed by atoms with Gasteiger partial charge in [0.15, 0.2) is 0 Å². The zero-order valence-corrected chi connectivity index (χ0v) is 11.8. The molecule has 4 nitrogen and oxygen atoms in total. The molecule has 0 amide bonds. The molecule has 0 fully saturated rings. The number of halogens is 4. The van der Waals surface area contributed by atoms with Gasteiger partial charge in [-0.25, -0.2) is 4.99 Å². The van der Waals surface area contributed by atoms with Gasteiger partial charge in [-0.2, -0.15) is 13.2 Å². The molecule has 20 heavy (non-hydrogen) atoms. The molecule has 0 saturated heterocycles. The van der Waals surface area contributed by atoms with Crippen LogP contribution in [0.1, 0.15) is 13.8 Å². The molecule has 8 heteroatoms. The number of aliphatic imine (C=N–C) groups is 1. The first-order valence-corrected chi connectivity index (χ1v) is 6.17. The Labute approximate surface area is 119 Å². The van der Waals surface area contributed by atoms with Crippen LogP contribution in [-0.4, -0.2) is 40.9 Å². The summed E-state index contributed by atoms with van der Waals surface area (Å²) in [5, 5.41) is 4.72. The minimum Gasteiger partial charge on any atom is -0.497 e. The summed E-state index contributed by atoms with van der Waals surface area (Å²) in [4.78, 5) is 2.45. The van der Waals surface area contributed by atoms with Gasteiger partial charge in [-0.1, -0.05) is 11.6 Å². The normalized spacial score (nSPS) is 22.9. The summed E-state index contributed by atoms with van der Waals surface area (Å²) < 4.78 is 43.6. The molecule has 110 valence electrons. The molecule has 0 radical (unpaired) electrons. The second kappa shape index (κ2) is 4.80. The average molecular weight is 308 g/mol. The van der Waals surface area contributed by atoms with Crippen LogP contribution in [-0.2, 0) is 4.74 Å². The van der Waals surface area contributed by atoms with Crippen LogP contribution >= 0.6 is 11.6 Å². The van der Waals surface area contributed by atoms with Gasteiger partial charge in [-0.3, -0.25) is 5.01 Å². The lowest BCUT2D eigenvalue weighted by Gasteiger charge is -2.39. The highest BCUT2D eigenvalue weighted by molar-refractivity contribution is 6.23. The maximum Gasteiger partial charge on any atom is 0.453 e. The molecule has 1 aliphatic heterocycles. The van der Waals surface area contributed by atoms with Gasteiger partial charge in [-0.15, -0.1) is 5.10 Å². The number of amidine groups is 1.